The molecule has 0 bridgehead atoms. The first-order chi connectivity index (χ1) is 11.0. The summed E-state index contributed by atoms with van der Waals surface area (Å²) in [7, 11) is 0. The standard InChI is InChI=1S/C15H12F2N4O2/c16-15(17)6-12(15)21-11(4-5-19-21)14(23)20-10-3-1-2-8-9(10)7-18-13(8)22/h1-5,12H,6-7H2,(H,18,22)(H,20,23). The number of nitrogens with zero attached hydrogens (tertiary/aromatic N) is 2. The number of halogens is 2. The van der Waals surface area contributed by atoms with Gasteiger partial charge in [-0.3, -0.25) is 14.3 Å². The Morgan fingerprint density at radius 2 is 2.17 bits per heavy atom. The van der Waals surface area contributed by atoms with Gasteiger partial charge >= 0.3 is 0 Å². The molecule has 2 amide bonds. The molecule has 8 heteroatoms. The van der Waals surface area contributed by atoms with Crippen LogP contribution in [0, 0.1) is 0 Å². The molecule has 1 aromatic carbocycles. The van der Waals surface area contributed by atoms with E-state index in [0.29, 0.717) is 23.4 Å². The van der Waals surface area contributed by atoms with Crippen molar-refractivity contribution in [3.63, 3.8) is 0 Å². The Hall–Kier alpha value is -2.77. The Bertz CT molecular complexity index is 831. The molecule has 1 aromatic heterocycles. The van der Waals surface area contributed by atoms with Crippen molar-refractivity contribution in [2.24, 2.45) is 0 Å². The predicted octanol–water partition coefficient (Wildman–Crippen LogP) is 1.96. The molecule has 23 heavy (non-hydrogen) atoms. The quantitative estimate of drug-likeness (QED) is 0.908. The van der Waals surface area contributed by atoms with Crippen LogP contribution in [0.3, 0.4) is 0 Å². The van der Waals surface area contributed by atoms with Gasteiger partial charge in [-0.05, 0) is 18.2 Å². The minimum absolute atomic E-state index is 0.0714. The van der Waals surface area contributed by atoms with E-state index in [1.165, 1.54) is 12.3 Å². The maximum absolute atomic E-state index is 13.2. The number of fused-ring (bicyclic) bond motifs is 1. The average molecular weight is 318 g/mol. The predicted molar refractivity (Wildman–Crippen MR) is 76.4 cm³/mol. The third-order valence-electron chi connectivity index (χ3n) is 4.09. The fourth-order valence-corrected chi connectivity index (χ4v) is 2.76. The highest BCUT2D eigenvalue weighted by Gasteiger charge is 2.59. The smallest absolute Gasteiger partial charge is 0.273 e. The number of nitrogens with one attached hydrogen (secondary N) is 2. The van der Waals surface area contributed by atoms with E-state index >= 15 is 0 Å². The Morgan fingerprint density at radius 3 is 2.91 bits per heavy atom. The molecule has 1 atom stereocenters. The van der Waals surface area contributed by atoms with Crippen molar-refractivity contribution in [2.45, 2.75) is 24.9 Å². The molecule has 0 spiro atoms. The highest BCUT2D eigenvalue weighted by molar-refractivity contribution is 6.06. The van der Waals surface area contributed by atoms with Gasteiger partial charge in [0.25, 0.3) is 17.7 Å². The highest BCUT2D eigenvalue weighted by atomic mass is 19.3. The number of carbonyl (C=O) groups excluding carboxylic acids is 2. The minimum Gasteiger partial charge on any atom is -0.348 e. The normalized spacial score (nSPS) is 20.8. The highest BCUT2D eigenvalue weighted by Crippen LogP contribution is 2.52. The Kier molecular flexibility index (Phi) is 2.78. The lowest BCUT2D eigenvalue weighted by atomic mass is 10.1. The van der Waals surface area contributed by atoms with Crippen LogP contribution in [0.1, 0.15) is 38.9 Å². The molecular formula is C15H12F2N4O2. The number of anilines is 1. The molecule has 1 fully saturated rings. The summed E-state index contributed by atoms with van der Waals surface area (Å²) < 4.78 is 27.5. The van der Waals surface area contributed by atoms with Crippen LogP contribution in [0.5, 0.6) is 0 Å². The van der Waals surface area contributed by atoms with Gasteiger partial charge in [-0.1, -0.05) is 6.07 Å². The van der Waals surface area contributed by atoms with E-state index in [9.17, 15) is 18.4 Å². The third kappa shape index (κ3) is 2.18. The van der Waals surface area contributed by atoms with Crippen molar-refractivity contribution in [2.75, 3.05) is 5.32 Å². The van der Waals surface area contributed by atoms with E-state index in [1.54, 1.807) is 18.2 Å². The van der Waals surface area contributed by atoms with Crippen LogP contribution in [-0.4, -0.2) is 27.5 Å². The Morgan fingerprint density at radius 1 is 1.39 bits per heavy atom. The Balaban J connectivity index is 1.61. The number of aromatic nitrogens is 2. The number of hydrogen-bond donors (Lipinski definition) is 2. The molecule has 1 aliphatic carbocycles. The van der Waals surface area contributed by atoms with Crippen molar-refractivity contribution in [3.05, 3.63) is 47.3 Å². The van der Waals surface area contributed by atoms with Gasteiger partial charge in [-0.15, -0.1) is 0 Å². The van der Waals surface area contributed by atoms with Crippen LogP contribution in [0.2, 0.25) is 0 Å². The lowest BCUT2D eigenvalue weighted by Gasteiger charge is -2.10. The van der Waals surface area contributed by atoms with Gasteiger partial charge in [0, 0.05) is 36.0 Å². The third-order valence-corrected chi connectivity index (χ3v) is 4.09. The monoisotopic (exact) mass is 318 g/mol. The molecule has 4 rings (SSSR count). The molecule has 2 N–H and O–H groups in total. The van der Waals surface area contributed by atoms with E-state index in [4.69, 9.17) is 0 Å². The number of hydrogen-bond acceptors (Lipinski definition) is 3. The van der Waals surface area contributed by atoms with Crippen molar-refractivity contribution in [1.29, 1.82) is 0 Å². The number of benzene rings is 1. The molecule has 2 aromatic rings. The van der Waals surface area contributed by atoms with E-state index in [2.05, 4.69) is 15.7 Å². The summed E-state index contributed by atoms with van der Waals surface area (Å²) in [5.41, 5.74) is 1.75. The molecule has 2 aliphatic rings. The van der Waals surface area contributed by atoms with Crippen LogP contribution in [0.15, 0.2) is 30.5 Å². The average Bonchev–Trinajstić information content (AvgIpc) is 2.91. The second-order valence-electron chi connectivity index (χ2n) is 5.61. The molecule has 118 valence electrons. The number of alkyl halides is 2. The molecule has 1 saturated carbocycles. The zero-order valence-electron chi connectivity index (χ0n) is 11.8. The number of carbonyl (C=O) groups is 2. The SMILES string of the molecule is O=C1NCc2c(NC(=O)c3ccnn3C3CC3(F)F)cccc21. The molecule has 0 saturated heterocycles. The molecular weight excluding hydrogens is 306 g/mol. The fraction of sp³-hybridized carbons (Fsp3) is 0.267. The summed E-state index contributed by atoms with van der Waals surface area (Å²) >= 11 is 0. The minimum atomic E-state index is -2.81. The van der Waals surface area contributed by atoms with Crippen molar-refractivity contribution >= 4 is 17.5 Å². The summed E-state index contributed by atoms with van der Waals surface area (Å²) in [5, 5.41) is 9.19. The van der Waals surface area contributed by atoms with Crippen molar-refractivity contribution in [3.8, 4) is 0 Å². The van der Waals surface area contributed by atoms with Gasteiger partial charge < -0.3 is 10.6 Å². The zero-order chi connectivity index (χ0) is 16.2. The first-order valence-electron chi connectivity index (χ1n) is 7.10. The second-order valence-corrected chi connectivity index (χ2v) is 5.61. The van der Waals surface area contributed by atoms with E-state index in [0.717, 1.165) is 4.68 Å². The lowest BCUT2D eigenvalue weighted by Crippen LogP contribution is -2.19. The van der Waals surface area contributed by atoms with Crippen LogP contribution >= 0.6 is 0 Å². The first kappa shape index (κ1) is 13.9. The van der Waals surface area contributed by atoms with E-state index < -0.39 is 17.9 Å². The summed E-state index contributed by atoms with van der Waals surface area (Å²) in [4.78, 5) is 24.0. The van der Waals surface area contributed by atoms with Crippen LogP contribution in [0.4, 0.5) is 14.5 Å². The topological polar surface area (TPSA) is 76.0 Å². The van der Waals surface area contributed by atoms with Gasteiger partial charge in [0.2, 0.25) is 0 Å². The fourth-order valence-electron chi connectivity index (χ4n) is 2.76. The van der Waals surface area contributed by atoms with Gasteiger partial charge in [-0.25, -0.2) is 8.78 Å². The van der Waals surface area contributed by atoms with E-state index in [-0.39, 0.29) is 18.0 Å². The molecule has 1 unspecified atom stereocenters. The summed E-state index contributed by atoms with van der Waals surface area (Å²) in [5.74, 6) is -3.54. The number of amides is 2. The Labute approximate surface area is 129 Å². The van der Waals surface area contributed by atoms with E-state index in [1.807, 2.05) is 0 Å². The molecule has 2 heterocycles. The zero-order valence-corrected chi connectivity index (χ0v) is 11.8. The van der Waals surface area contributed by atoms with Crippen molar-refractivity contribution < 1.29 is 18.4 Å². The second kappa shape index (κ2) is 4.61. The van der Waals surface area contributed by atoms with Crippen molar-refractivity contribution in [1.82, 2.24) is 15.1 Å². The van der Waals surface area contributed by atoms with Gasteiger partial charge in [0.1, 0.15) is 11.7 Å². The lowest BCUT2D eigenvalue weighted by molar-refractivity contribution is 0.0939. The van der Waals surface area contributed by atoms with Crippen LogP contribution in [-0.2, 0) is 6.54 Å². The van der Waals surface area contributed by atoms with Crippen LogP contribution < -0.4 is 10.6 Å². The van der Waals surface area contributed by atoms with Gasteiger partial charge in [0.15, 0.2) is 0 Å². The maximum atomic E-state index is 13.2. The molecule has 1 aliphatic heterocycles. The summed E-state index contributed by atoms with van der Waals surface area (Å²) in [6.07, 6.45) is 1.01. The largest absolute Gasteiger partial charge is 0.348 e. The molecule has 6 nitrogen and oxygen atoms in total. The summed E-state index contributed by atoms with van der Waals surface area (Å²) in [6, 6.07) is 5.33. The first-order valence-corrected chi connectivity index (χ1v) is 7.10. The molecule has 0 radical (unpaired) electrons. The van der Waals surface area contributed by atoms with Crippen LogP contribution in [0.25, 0.3) is 0 Å². The summed E-state index contributed by atoms with van der Waals surface area (Å²) in [6.45, 7) is 0.324. The van der Waals surface area contributed by atoms with Gasteiger partial charge in [0.05, 0.1) is 0 Å². The van der Waals surface area contributed by atoms with Gasteiger partial charge in [-0.2, -0.15) is 5.10 Å². The maximum Gasteiger partial charge on any atom is 0.273 e. The number of rotatable bonds is 3.